The minimum atomic E-state index is -0.854. The molecule has 16 heavy (non-hydrogen) atoms. The number of hydrogen-bond acceptors (Lipinski definition) is 5. The number of unbranched alkanes of at least 4 members (excludes halogenated alkanes) is 2. The zero-order chi connectivity index (χ0) is 12.1. The molecular weight excluding hydrogens is 212 g/mol. The normalized spacial score (nSPS) is 10.3. The van der Waals surface area contributed by atoms with Gasteiger partial charge in [0.25, 0.3) is 5.88 Å². The zero-order valence-electron chi connectivity index (χ0n) is 9.01. The van der Waals surface area contributed by atoms with Crippen LogP contribution in [0.3, 0.4) is 0 Å². The first-order chi connectivity index (χ1) is 7.56. The Kier molecular flexibility index (Phi) is 4.04. The molecule has 0 aliphatic rings. The molecule has 0 bridgehead atoms. The summed E-state index contributed by atoms with van der Waals surface area (Å²) in [6, 6.07) is 1.23. The SMILES string of the molecule is CCCCCc1cc(O)c([N+](=O)[O-])c(O)n1. The maximum Gasteiger partial charge on any atom is 0.371 e. The van der Waals surface area contributed by atoms with E-state index < -0.39 is 22.2 Å². The minimum Gasteiger partial charge on any atom is -0.502 e. The Morgan fingerprint density at radius 3 is 2.62 bits per heavy atom. The Morgan fingerprint density at radius 1 is 1.44 bits per heavy atom. The highest BCUT2D eigenvalue weighted by atomic mass is 16.6. The van der Waals surface area contributed by atoms with Gasteiger partial charge in [-0.3, -0.25) is 10.1 Å². The Labute approximate surface area is 92.7 Å². The molecule has 0 aliphatic heterocycles. The number of aryl methyl sites for hydroxylation is 1. The summed E-state index contributed by atoms with van der Waals surface area (Å²) in [5, 5.41) is 29.1. The molecule has 0 unspecified atom stereocenters. The van der Waals surface area contributed by atoms with Crippen LogP contribution in [0.1, 0.15) is 31.9 Å². The molecule has 1 heterocycles. The first-order valence-corrected chi connectivity index (χ1v) is 5.12. The summed E-state index contributed by atoms with van der Waals surface area (Å²) in [5.74, 6) is -1.26. The number of nitrogens with zero attached hydrogens (tertiary/aromatic N) is 2. The van der Waals surface area contributed by atoms with Crippen LogP contribution in [0.15, 0.2) is 6.07 Å². The second-order valence-corrected chi connectivity index (χ2v) is 3.52. The van der Waals surface area contributed by atoms with E-state index in [0.717, 1.165) is 19.3 Å². The average Bonchev–Trinajstić information content (AvgIpc) is 2.16. The smallest absolute Gasteiger partial charge is 0.371 e. The highest BCUT2D eigenvalue weighted by Gasteiger charge is 2.22. The van der Waals surface area contributed by atoms with Gasteiger partial charge in [0.15, 0.2) is 0 Å². The van der Waals surface area contributed by atoms with Crippen LogP contribution in [0.2, 0.25) is 0 Å². The van der Waals surface area contributed by atoms with Gasteiger partial charge in [-0.2, -0.15) is 0 Å². The van der Waals surface area contributed by atoms with Crippen LogP contribution in [0, 0.1) is 10.1 Å². The Morgan fingerprint density at radius 2 is 2.12 bits per heavy atom. The standard InChI is InChI=1S/C10H14N2O4/c1-2-3-4-5-7-6-8(13)9(12(15)16)10(14)11-7/h6H,2-5H2,1H3,(H2,11,13,14). The van der Waals surface area contributed by atoms with Crippen LogP contribution in [0.4, 0.5) is 5.69 Å². The molecule has 6 nitrogen and oxygen atoms in total. The van der Waals surface area contributed by atoms with Crippen molar-refractivity contribution >= 4 is 5.69 Å². The third-order valence-corrected chi connectivity index (χ3v) is 2.23. The third-order valence-electron chi connectivity index (χ3n) is 2.23. The van der Waals surface area contributed by atoms with Crippen molar-refractivity contribution in [1.82, 2.24) is 4.98 Å². The predicted molar refractivity (Wildman–Crippen MR) is 57.5 cm³/mol. The fourth-order valence-corrected chi connectivity index (χ4v) is 1.42. The predicted octanol–water partition coefficient (Wildman–Crippen LogP) is 2.13. The first kappa shape index (κ1) is 12.2. The fourth-order valence-electron chi connectivity index (χ4n) is 1.42. The molecule has 0 spiro atoms. The van der Waals surface area contributed by atoms with Gasteiger partial charge in [0.1, 0.15) is 0 Å². The molecule has 0 saturated carbocycles. The topological polar surface area (TPSA) is 96.5 Å². The van der Waals surface area contributed by atoms with E-state index in [1.165, 1.54) is 6.07 Å². The molecular formula is C10H14N2O4. The summed E-state index contributed by atoms with van der Waals surface area (Å²) in [6.45, 7) is 2.05. The third kappa shape index (κ3) is 2.82. The average molecular weight is 226 g/mol. The second kappa shape index (κ2) is 5.29. The van der Waals surface area contributed by atoms with Crippen molar-refractivity contribution in [2.45, 2.75) is 32.6 Å². The lowest BCUT2D eigenvalue weighted by atomic mass is 10.1. The van der Waals surface area contributed by atoms with Crippen LogP contribution >= 0.6 is 0 Å². The Hall–Kier alpha value is -1.85. The van der Waals surface area contributed by atoms with Gasteiger partial charge in [-0.05, 0) is 12.8 Å². The van der Waals surface area contributed by atoms with E-state index in [1.807, 2.05) is 0 Å². The van der Waals surface area contributed by atoms with Crippen LogP contribution in [0.25, 0.3) is 0 Å². The number of pyridine rings is 1. The van der Waals surface area contributed by atoms with E-state index in [1.54, 1.807) is 0 Å². The minimum absolute atomic E-state index is 0.467. The van der Waals surface area contributed by atoms with Crippen LogP contribution in [-0.2, 0) is 6.42 Å². The van der Waals surface area contributed by atoms with E-state index in [2.05, 4.69) is 11.9 Å². The second-order valence-electron chi connectivity index (χ2n) is 3.52. The van der Waals surface area contributed by atoms with Crippen molar-refractivity contribution in [2.75, 3.05) is 0 Å². The first-order valence-electron chi connectivity index (χ1n) is 5.12. The van der Waals surface area contributed by atoms with Gasteiger partial charge >= 0.3 is 5.69 Å². The summed E-state index contributed by atoms with van der Waals surface area (Å²) >= 11 is 0. The van der Waals surface area contributed by atoms with Crippen molar-refractivity contribution in [3.8, 4) is 11.6 Å². The molecule has 6 heteroatoms. The molecule has 0 aliphatic carbocycles. The van der Waals surface area contributed by atoms with E-state index in [4.69, 9.17) is 0 Å². The highest BCUT2D eigenvalue weighted by Crippen LogP contribution is 2.33. The maximum atomic E-state index is 10.5. The quantitative estimate of drug-likeness (QED) is 0.455. The van der Waals surface area contributed by atoms with Crippen molar-refractivity contribution in [3.63, 3.8) is 0 Å². The molecule has 88 valence electrons. The highest BCUT2D eigenvalue weighted by molar-refractivity contribution is 5.52. The molecule has 1 aromatic rings. The van der Waals surface area contributed by atoms with Crippen LogP contribution < -0.4 is 0 Å². The van der Waals surface area contributed by atoms with Gasteiger partial charge < -0.3 is 10.2 Å². The van der Waals surface area contributed by atoms with Crippen molar-refractivity contribution in [3.05, 3.63) is 21.9 Å². The lowest BCUT2D eigenvalue weighted by molar-refractivity contribution is -0.387. The fraction of sp³-hybridized carbons (Fsp3) is 0.500. The summed E-state index contributed by atoms with van der Waals surface area (Å²) in [6.07, 6.45) is 3.53. The van der Waals surface area contributed by atoms with Gasteiger partial charge in [-0.25, -0.2) is 4.98 Å². The molecule has 0 fully saturated rings. The molecule has 0 atom stereocenters. The lowest BCUT2D eigenvalue weighted by Crippen LogP contribution is -1.96. The molecule has 1 rings (SSSR count). The summed E-state index contributed by atoms with van der Waals surface area (Å²) in [5.41, 5.74) is -0.270. The van der Waals surface area contributed by atoms with Crippen molar-refractivity contribution < 1.29 is 15.1 Å². The molecule has 0 saturated heterocycles. The van der Waals surface area contributed by atoms with E-state index in [9.17, 15) is 20.3 Å². The maximum absolute atomic E-state index is 10.5. The van der Waals surface area contributed by atoms with Gasteiger partial charge in [0, 0.05) is 11.8 Å². The van der Waals surface area contributed by atoms with Crippen molar-refractivity contribution in [2.24, 2.45) is 0 Å². The number of hydrogen-bond donors (Lipinski definition) is 2. The van der Waals surface area contributed by atoms with E-state index >= 15 is 0 Å². The van der Waals surface area contributed by atoms with Gasteiger partial charge in [0.05, 0.1) is 4.92 Å². The molecule has 1 aromatic heterocycles. The van der Waals surface area contributed by atoms with E-state index in [-0.39, 0.29) is 0 Å². The number of nitro groups is 1. The molecule has 2 N–H and O–H groups in total. The Bertz CT molecular complexity index is 369. The van der Waals surface area contributed by atoms with Gasteiger partial charge in [-0.1, -0.05) is 19.8 Å². The summed E-state index contributed by atoms with van der Waals surface area (Å²) < 4.78 is 0. The summed E-state index contributed by atoms with van der Waals surface area (Å²) in [4.78, 5) is 13.3. The largest absolute Gasteiger partial charge is 0.502 e. The van der Waals surface area contributed by atoms with E-state index in [0.29, 0.717) is 12.1 Å². The van der Waals surface area contributed by atoms with Gasteiger partial charge in [-0.15, -0.1) is 0 Å². The number of aromatic nitrogens is 1. The molecule has 0 aromatic carbocycles. The monoisotopic (exact) mass is 226 g/mol. The number of aromatic hydroxyl groups is 2. The number of rotatable bonds is 5. The van der Waals surface area contributed by atoms with Gasteiger partial charge in [0.2, 0.25) is 5.75 Å². The van der Waals surface area contributed by atoms with Crippen LogP contribution in [-0.4, -0.2) is 20.1 Å². The molecule has 0 radical (unpaired) electrons. The van der Waals surface area contributed by atoms with Crippen LogP contribution in [0.5, 0.6) is 11.6 Å². The van der Waals surface area contributed by atoms with Crippen molar-refractivity contribution in [1.29, 1.82) is 0 Å². The lowest BCUT2D eigenvalue weighted by Gasteiger charge is -2.03. The zero-order valence-corrected chi connectivity index (χ0v) is 9.01. The Balaban J connectivity index is 2.87. The molecule has 0 amide bonds. The summed E-state index contributed by atoms with van der Waals surface area (Å²) in [7, 11) is 0.